The molecule has 0 bridgehead atoms. The Kier molecular flexibility index (Phi) is 5.68. The molecule has 0 spiro atoms. The van der Waals surface area contributed by atoms with Gasteiger partial charge < -0.3 is 4.74 Å². The molecule has 0 saturated carbocycles. The zero-order valence-electron chi connectivity index (χ0n) is 12.4. The quantitative estimate of drug-likeness (QED) is 0.727. The van der Waals surface area contributed by atoms with Crippen molar-refractivity contribution in [1.82, 2.24) is 0 Å². The lowest BCUT2D eigenvalue weighted by molar-refractivity contribution is 0.414. The van der Waals surface area contributed by atoms with E-state index in [-0.39, 0.29) is 21.5 Å². The molecule has 0 aliphatic heterocycles. The van der Waals surface area contributed by atoms with Crippen molar-refractivity contribution in [2.45, 2.75) is 11.8 Å². The van der Waals surface area contributed by atoms with Gasteiger partial charge >= 0.3 is 0 Å². The zero-order valence-corrected chi connectivity index (χ0v) is 15.5. The minimum Gasteiger partial charge on any atom is -0.495 e. The summed E-state index contributed by atoms with van der Waals surface area (Å²) in [4.78, 5) is 0.0659. The number of methoxy groups -OCH3 is 1. The van der Waals surface area contributed by atoms with E-state index in [1.54, 1.807) is 19.1 Å². The van der Waals surface area contributed by atoms with Crippen LogP contribution in [0.2, 0.25) is 15.1 Å². The predicted molar refractivity (Wildman–Crippen MR) is 94.7 cm³/mol. The monoisotopic (exact) mass is 393 g/mol. The molecule has 4 nitrogen and oxygen atoms in total. The molecule has 23 heavy (non-hydrogen) atoms. The topological polar surface area (TPSA) is 46.6 Å². The van der Waals surface area contributed by atoms with E-state index < -0.39 is 10.0 Å². The summed E-state index contributed by atoms with van der Waals surface area (Å²) < 4.78 is 32.0. The molecule has 0 heterocycles. The van der Waals surface area contributed by atoms with Gasteiger partial charge in [0.2, 0.25) is 0 Å². The molecule has 0 aliphatic carbocycles. The lowest BCUT2D eigenvalue weighted by Gasteiger charge is -2.23. The van der Waals surface area contributed by atoms with Crippen molar-refractivity contribution in [3.05, 3.63) is 51.5 Å². The van der Waals surface area contributed by atoms with Gasteiger partial charge in [0.25, 0.3) is 10.0 Å². The van der Waals surface area contributed by atoms with Gasteiger partial charge in [-0.15, -0.1) is 0 Å². The number of hydrogen-bond donors (Lipinski definition) is 0. The van der Waals surface area contributed by atoms with Crippen LogP contribution in [0, 0.1) is 0 Å². The van der Waals surface area contributed by atoms with Crippen molar-refractivity contribution in [3.8, 4) is 5.75 Å². The van der Waals surface area contributed by atoms with Crippen molar-refractivity contribution in [1.29, 1.82) is 0 Å². The molecule has 0 fully saturated rings. The van der Waals surface area contributed by atoms with E-state index in [1.807, 2.05) is 0 Å². The van der Waals surface area contributed by atoms with Crippen LogP contribution in [0.15, 0.2) is 41.3 Å². The highest BCUT2D eigenvalue weighted by Gasteiger charge is 2.25. The second-order valence-corrected chi connectivity index (χ2v) is 7.65. The number of anilines is 1. The smallest absolute Gasteiger partial charge is 0.264 e. The van der Waals surface area contributed by atoms with Gasteiger partial charge in [-0.05, 0) is 43.3 Å². The Balaban J connectivity index is 2.50. The highest BCUT2D eigenvalue weighted by Crippen LogP contribution is 2.32. The average Bonchev–Trinajstić information content (AvgIpc) is 2.51. The van der Waals surface area contributed by atoms with E-state index in [0.717, 1.165) is 0 Å². The van der Waals surface area contributed by atoms with Gasteiger partial charge in [-0.1, -0.05) is 34.8 Å². The van der Waals surface area contributed by atoms with Crippen molar-refractivity contribution in [2.75, 3.05) is 18.0 Å². The number of halogens is 3. The maximum Gasteiger partial charge on any atom is 0.264 e. The molecule has 2 aromatic rings. The van der Waals surface area contributed by atoms with E-state index >= 15 is 0 Å². The van der Waals surface area contributed by atoms with Gasteiger partial charge in [-0.2, -0.15) is 0 Å². The second-order valence-electron chi connectivity index (χ2n) is 4.56. The van der Waals surface area contributed by atoms with E-state index in [9.17, 15) is 8.42 Å². The van der Waals surface area contributed by atoms with Crippen LogP contribution in [-0.2, 0) is 10.0 Å². The lowest BCUT2D eigenvalue weighted by atomic mass is 10.3. The minimum atomic E-state index is -3.79. The largest absolute Gasteiger partial charge is 0.495 e. The normalized spacial score (nSPS) is 11.3. The highest BCUT2D eigenvalue weighted by molar-refractivity contribution is 7.92. The molecule has 0 radical (unpaired) electrons. The van der Waals surface area contributed by atoms with Crippen LogP contribution >= 0.6 is 34.8 Å². The molecule has 0 N–H and O–H groups in total. The Morgan fingerprint density at radius 3 is 2.22 bits per heavy atom. The Morgan fingerprint density at radius 2 is 1.70 bits per heavy atom. The van der Waals surface area contributed by atoms with Gasteiger partial charge in [0.15, 0.2) is 0 Å². The van der Waals surface area contributed by atoms with E-state index in [2.05, 4.69) is 0 Å². The SMILES string of the molecule is CCN(c1ccc(Cl)c(Cl)c1)S(=O)(=O)c1ccc(OC)c(Cl)c1. The minimum absolute atomic E-state index is 0.0659. The first-order chi connectivity index (χ1) is 10.8. The van der Waals surface area contributed by atoms with E-state index in [1.165, 1.54) is 35.7 Å². The highest BCUT2D eigenvalue weighted by atomic mass is 35.5. The molecule has 0 aliphatic rings. The molecule has 8 heteroatoms. The molecule has 2 aromatic carbocycles. The average molecular weight is 395 g/mol. The predicted octanol–water partition coefficient (Wildman–Crippen LogP) is 4.87. The Morgan fingerprint density at radius 1 is 1.00 bits per heavy atom. The molecular weight excluding hydrogens is 381 g/mol. The standard InChI is InChI=1S/C15H14Cl3NO3S/c1-3-19(10-4-6-12(16)13(17)8-10)23(20,21)11-5-7-15(22-2)14(18)9-11/h4-9H,3H2,1-2H3. The Bertz CT molecular complexity index is 825. The molecule has 0 saturated heterocycles. The molecule has 0 amide bonds. The summed E-state index contributed by atoms with van der Waals surface area (Å²) in [6, 6.07) is 8.98. The van der Waals surface area contributed by atoms with Crippen LogP contribution in [0.25, 0.3) is 0 Å². The first-order valence-corrected chi connectivity index (χ1v) is 9.20. The van der Waals surface area contributed by atoms with Crippen molar-refractivity contribution < 1.29 is 13.2 Å². The van der Waals surface area contributed by atoms with Crippen molar-refractivity contribution >= 4 is 50.5 Å². The van der Waals surface area contributed by atoms with E-state index in [0.29, 0.717) is 16.5 Å². The maximum absolute atomic E-state index is 12.9. The molecular formula is C15H14Cl3NO3S. The fourth-order valence-electron chi connectivity index (χ4n) is 2.07. The van der Waals surface area contributed by atoms with Crippen LogP contribution in [0.5, 0.6) is 5.75 Å². The molecule has 2 rings (SSSR count). The summed E-state index contributed by atoms with van der Waals surface area (Å²) in [5.41, 5.74) is 0.425. The first kappa shape index (κ1) is 18.2. The van der Waals surface area contributed by atoms with Crippen LogP contribution in [0.3, 0.4) is 0 Å². The summed E-state index contributed by atoms with van der Waals surface area (Å²) in [6.07, 6.45) is 0. The first-order valence-electron chi connectivity index (χ1n) is 6.62. The third-order valence-corrected chi connectivity index (χ3v) is 6.12. The Labute approximate surface area is 150 Å². The van der Waals surface area contributed by atoms with E-state index in [4.69, 9.17) is 39.5 Å². The van der Waals surface area contributed by atoms with Gasteiger partial charge in [0.05, 0.1) is 32.8 Å². The summed E-state index contributed by atoms with van der Waals surface area (Å²) >= 11 is 17.9. The number of hydrogen-bond acceptors (Lipinski definition) is 3. The zero-order chi connectivity index (χ0) is 17.2. The number of benzene rings is 2. The van der Waals surface area contributed by atoms with Crippen LogP contribution in [0.1, 0.15) is 6.92 Å². The summed E-state index contributed by atoms with van der Waals surface area (Å²) in [7, 11) is -2.33. The van der Waals surface area contributed by atoms with Gasteiger partial charge in [-0.25, -0.2) is 8.42 Å². The van der Waals surface area contributed by atoms with Gasteiger partial charge in [0.1, 0.15) is 5.75 Å². The fourth-order valence-corrected chi connectivity index (χ4v) is 4.17. The van der Waals surface area contributed by atoms with Crippen LogP contribution < -0.4 is 9.04 Å². The van der Waals surface area contributed by atoms with Crippen molar-refractivity contribution in [3.63, 3.8) is 0 Å². The molecule has 0 aromatic heterocycles. The fraction of sp³-hybridized carbons (Fsp3) is 0.200. The van der Waals surface area contributed by atoms with Gasteiger partial charge in [0, 0.05) is 6.54 Å². The number of rotatable bonds is 5. The van der Waals surface area contributed by atoms with Gasteiger partial charge in [-0.3, -0.25) is 4.31 Å². The second kappa shape index (κ2) is 7.18. The summed E-state index contributed by atoms with van der Waals surface area (Å²) in [5, 5.41) is 0.862. The number of nitrogens with zero attached hydrogens (tertiary/aromatic N) is 1. The summed E-state index contributed by atoms with van der Waals surface area (Å²) in [6.45, 7) is 1.95. The maximum atomic E-state index is 12.9. The number of sulfonamides is 1. The summed E-state index contributed by atoms with van der Waals surface area (Å²) in [5.74, 6) is 0.406. The number of ether oxygens (including phenoxy) is 1. The molecule has 124 valence electrons. The third kappa shape index (κ3) is 3.69. The lowest BCUT2D eigenvalue weighted by Crippen LogP contribution is -2.30. The molecule has 0 atom stereocenters. The van der Waals surface area contributed by atoms with Crippen LogP contribution in [0.4, 0.5) is 5.69 Å². The Hall–Kier alpha value is -1.14. The van der Waals surface area contributed by atoms with Crippen LogP contribution in [-0.4, -0.2) is 22.1 Å². The third-order valence-electron chi connectivity index (χ3n) is 3.19. The molecule has 0 unspecified atom stereocenters. The van der Waals surface area contributed by atoms with Crippen molar-refractivity contribution in [2.24, 2.45) is 0 Å².